The van der Waals surface area contributed by atoms with Crippen LogP contribution in [0.3, 0.4) is 0 Å². The average Bonchev–Trinajstić information content (AvgIpc) is 3.22. The Morgan fingerprint density at radius 3 is 2.47 bits per heavy atom. The highest BCUT2D eigenvalue weighted by atomic mass is 35.5. The van der Waals surface area contributed by atoms with E-state index < -0.39 is 0 Å². The molecule has 0 unspecified atom stereocenters. The molecule has 4 rings (SSSR count). The van der Waals surface area contributed by atoms with Crippen molar-refractivity contribution in [3.8, 4) is 17.2 Å². The summed E-state index contributed by atoms with van der Waals surface area (Å²) in [5, 5.41) is 3.87. The number of pyridine rings is 1. The molecule has 0 atom stereocenters. The van der Waals surface area contributed by atoms with Crippen molar-refractivity contribution in [2.75, 3.05) is 11.9 Å². The number of oxazole rings is 1. The largest absolute Gasteiger partial charge is 0.481 e. The molecule has 6 nitrogen and oxygen atoms in total. The van der Waals surface area contributed by atoms with Crippen LogP contribution in [0.4, 0.5) is 5.69 Å². The van der Waals surface area contributed by atoms with Crippen LogP contribution >= 0.6 is 34.8 Å². The molecule has 4 aromatic rings. The van der Waals surface area contributed by atoms with Crippen molar-refractivity contribution in [3.05, 3.63) is 68.3 Å². The van der Waals surface area contributed by atoms with Gasteiger partial charge in [0.25, 0.3) is 5.91 Å². The Morgan fingerprint density at radius 1 is 1.06 bits per heavy atom. The normalized spacial score (nSPS) is 11.1. The fourth-order valence-corrected chi connectivity index (χ4v) is 3.96. The number of benzene rings is 2. The number of aryl methyl sites for hydroxylation is 1. The van der Waals surface area contributed by atoms with Crippen LogP contribution in [0, 0.1) is 20.8 Å². The van der Waals surface area contributed by atoms with Crippen molar-refractivity contribution in [2.45, 2.75) is 20.8 Å². The SMILES string of the molecule is Cc1ccc(-c2nc3ncccc3o2)cc1NC(=O)COc1c(Cl)c(C)c(Cl)c(C)c1Cl. The van der Waals surface area contributed by atoms with Crippen molar-refractivity contribution < 1.29 is 13.9 Å². The van der Waals surface area contributed by atoms with Crippen LogP contribution in [0.2, 0.25) is 15.1 Å². The molecule has 1 N–H and O–H groups in total. The molecule has 2 aromatic heterocycles. The first kappa shape index (κ1) is 22.4. The molecule has 0 fully saturated rings. The number of anilines is 1. The summed E-state index contributed by atoms with van der Waals surface area (Å²) < 4.78 is 11.4. The lowest BCUT2D eigenvalue weighted by molar-refractivity contribution is -0.118. The third-order valence-corrected chi connectivity index (χ3v) is 6.46. The number of fused-ring (bicyclic) bond motifs is 1. The molecular weight excluding hydrogens is 473 g/mol. The number of halogens is 3. The highest BCUT2D eigenvalue weighted by Crippen LogP contribution is 2.42. The van der Waals surface area contributed by atoms with Gasteiger partial charge in [-0.2, -0.15) is 4.98 Å². The maximum atomic E-state index is 12.6. The van der Waals surface area contributed by atoms with E-state index in [1.165, 1.54) is 0 Å². The molecule has 32 heavy (non-hydrogen) atoms. The van der Waals surface area contributed by atoms with Crippen LogP contribution in [-0.4, -0.2) is 22.5 Å². The number of rotatable bonds is 5. The third kappa shape index (κ3) is 4.26. The Bertz CT molecular complexity index is 1290. The van der Waals surface area contributed by atoms with Gasteiger partial charge in [0.15, 0.2) is 23.6 Å². The highest BCUT2D eigenvalue weighted by Gasteiger charge is 2.19. The van der Waals surface area contributed by atoms with Crippen LogP contribution in [0.5, 0.6) is 5.75 Å². The van der Waals surface area contributed by atoms with Crippen molar-refractivity contribution >= 4 is 57.6 Å². The molecular formula is C23H18Cl3N3O3. The molecule has 0 spiro atoms. The van der Waals surface area contributed by atoms with Crippen LogP contribution in [0.25, 0.3) is 22.7 Å². The van der Waals surface area contributed by atoms with Crippen molar-refractivity contribution in [1.82, 2.24) is 9.97 Å². The smallest absolute Gasteiger partial charge is 0.262 e. The maximum Gasteiger partial charge on any atom is 0.262 e. The Labute approximate surface area is 199 Å². The molecule has 0 saturated heterocycles. The number of ether oxygens (including phenoxy) is 1. The van der Waals surface area contributed by atoms with E-state index in [0.29, 0.717) is 44.5 Å². The minimum atomic E-state index is -0.373. The monoisotopic (exact) mass is 489 g/mol. The summed E-state index contributed by atoms with van der Waals surface area (Å²) >= 11 is 18.9. The highest BCUT2D eigenvalue weighted by molar-refractivity contribution is 6.42. The first-order chi connectivity index (χ1) is 15.3. The topological polar surface area (TPSA) is 77.3 Å². The first-order valence-corrected chi connectivity index (χ1v) is 10.8. The van der Waals surface area contributed by atoms with E-state index in [0.717, 1.165) is 5.56 Å². The second kappa shape index (κ2) is 8.98. The number of carbonyl (C=O) groups is 1. The minimum Gasteiger partial charge on any atom is -0.481 e. The Balaban J connectivity index is 1.52. The van der Waals surface area contributed by atoms with E-state index >= 15 is 0 Å². The number of hydrogen-bond donors (Lipinski definition) is 1. The molecule has 1 amide bonds. The summed E-state index contributed by atoms with van der Waals surface area (Å²) in [6.07, 6.45) is 1.65. The molecule has 164 valence electrons. The van der Waals surface area contributed by atoms with Crippen LogP contribution in [0.15, 0.2) is 40.9 Å². The van der Waals surface area contributed by atoms with Gasteiger partial charge in [0.05, 0.1) is 10.0 Å². The summed E-state index contributed by atoms with van der Waals surface area (Å²) in [5.74, 6) is 0.269. The van der Waals surface area contributed by atoms with Crippen LogP contribution < -0.4 is 10.1 Å². The molecule has 2 heterocycles. The van der Waals surface area contributed by atoms with Gasteiger partial charge in [0, 0.05) is 22.5 Å². The Hall–Kier alpha value is -2.80. The van der Waals surface area contributed by atoms with Gasteiger partial charge in [-0.1, -0.05) is 40.9 Å². The van der Waals surface area contributed by atoms with E-state index in [2.05, 4.69) is 15.3 Å². The van der Waals surface area contributed by atoms with Crippen molar-refractivity contribution in [1.29, 1.82) is 0 Å². The minimum absolute atomic E-state index is 0.229. The summed E-state index contributed by atoms with van der Waals surface area (Å²) in [6.45, 7) is 5.12. The van der Waals surface area contributed by atoms with E-state index in [-0.39, 0.29) is 28.3 Å². The fraction of sp³-hybridized carbons (Fsp3) is 0.174. The van der Waals surface area contributed by atoms with Gasteiger partial charge in [-0.15, -0.1) is 0 Å². The standard InChI is InChI=1S/C23H18Cl3N3O3/c1-11-6-7-14(23-29-22-16(32-23)5-4-8-27-22)9-15(11)28-17(30)10-31-21-19(25)12(2)18(24)13(3)20(21)26/h4-9H,10H2,1-3H3,(H,28,30). The van der Waals surface area contributed by atoms with E-state index in [1.54, 1.807) is 38.2 Å². The summed E-state index contributed by atoms with van der Waals surface area (Å²) in [5.41, 5.74) is 4.56. The lowest BCUT2D eigenvalue weighted by atomic mass is 10.1. The van der Waals surface area contributed by atoms with Crippen molar-refractivity contribution in [3.63, 3.8) is 0 Å². The number of nitrogens with one attached hydrogen (secondary N) is 1. The van der Waals surface area contributed by atoms with Gasteiger partial charge in [0.1, 0.15) is 0 Å². The number of hydrogen-bond acceptors (Lipinski definition) is 5. The van der Waals surface area contributed by atoms with Gasteiger partial charge < -0.3 is 14.5 Å². The Morgan fingerprint density at radius 2 is 1.78 bits per heavy atom. The third-order valence-electron chi connectivity index (χ3n) is 4.99. The maximum absolute atomic E-state index is 12.6. The molecule has 0 aliphatic heterocycles. The summed E-state index contributed by atoms with van der Waals surface area (Å²) in [6, 6.07) is 9.09. The molecule has 0 aliphatic carbocycles. The second-order valence-corrected chi connectivity index (χ2v) is 8.37. The fourth-order valence-electron chi connectivity index (χ4n) is 3.14. The molecule has 0 radical (unpaired) electrons. The number of amides is 1. The molecule has 2 aromatic carbocycles. The quantitative estimate of drug-likeness (QED) is 0.333. The van der Waals surface area contributed by atoms with Gasteiger partial charge in [0.2, 0.25) is 5.89 Å². The van der Waals surface area contributed by atoms with E-state index in [1.807, 2.05) is 19.1 Å². The predicted molar refractivity (Wildman–Crippen MR) is 127 cm³/mol. The van der Waals surface area contributed by atoms with Gasteiger partial charge in [-0.3, -0.25) is 4.79 Å². The first-order valence-electron chi connectivity index (χ1n) is 9.65. The molecule has 0 aliphatic rings. The second-order valence-electron chi connectivity index (χ2n) is 7.23. The van der Waals surface area contributed by atoms with Crippen molar-refractivity contribution in [2.24, 2.45) is 0 Å². The van der Waals surface area contributed by atoms with Crippen LogP contribution in [0.1, 0.15) is 16.7 Å². The lowest BCUT2D eigenvalue weighted by Gasteiger charge is -2.16. The summed E-state index contributed by atoms with van der Waals surface area (Å²) in [7, 11) is 0. The average molecular weight is 491 g/mol. The van der Waals surface area contributed by atoms with E-state index in [4.69, 9.17) is 44.0 Å². The molecule has 0 bridgehead atoms. The number of carbonyl (C=O) groups excluding carboxylic acids is 1. The number of nitrogens with zero attached hydrogens (tertiary/aromatic N) is 2. The van der Waals surface area contributed by atoms with Gasteiger partial charge >= 0.3 is 0 Å². The van der Waals surface area contributed by atoms with Gasteiger partial charge in [-0.25, -0.2) is 4.98 Å². The lowest BCUT2D eigenvalue weighted by Crippen LogP contribution is -2.21. The molecule has 0 saturated carbocycles. The summed E-state index contributed by atoms with van der Waals surface area (Å²) in [4.78, 5) is 21.2. The zero-order chi connectivity index (χ0) is 23.0. The predicted octanol–water partition coefficient (Wildman–Crippen LogP) is 6.79. The van der Waals surface area contributed by atoms with Gasteiger partial charge in [-0.05, 0) is 61.7 Å². The van der Waals surface area contributed by atoms with Crippen LogP contribution in [-0.2, 0) is 4.79 Å². The zero-order valence-corrected chi connectivity index (χ0v) is 19.7. The zero-order valence-electron chi connectivity index (χ0n) is 17.4. The van der Waals surface area contributed by atoms with E-state index in [9.17, 15) is 4.79 Å². The number of aromatic nitrogens is 2. The Kier molecular flexibility index (Phi) is 6.29. The molecule has 9 heteroatoms.